The predicted octanol–water partition coefficient (Wildman–Crippen LogP) is 13.2. The summed E-state index contributed by atoms with van der Waals surface area (Å²) in [5, 5.41) is 2.08. The van der Waals surface area contributed by atoms with Gasteiger partial charge in [-0.05, 0) is 103 Å². The number of pyridine rings is 2. The van der Waals surface area contributed by atoms with Gasteiger partial charge < -0.3 is 9.47 Å². The van der Waals surface area contributed by atoms with E-state index in [1.165, 1.54) is 0 Å². The van der Waals surface area contributed by atoms with Crippen LogP contribution in [0.5, 0.6) is 23.0 Å². The van der Waals surface area contributed by atoms with Crippen LogP contribution in [-0.4, -0.2) is 24.5 Å². The van der Waals surface area contributed by atoms with E-state index in [9.17, 15) is 0 Å². The van der Waals surface area contributed by atoms with E-state index in [4.69, 9.17) is 19.4 Å². The van der Waals surface area contributed by atoms with Gasteiger partial charge in [-0.2, -0.15) is 0 Å². The van der Waals surface area contributed by atoms with Crippen molar-refractivity contribution < 1.29 is 9.47 Å². The van der Waals surface area contributed by atoms with Crippen LogP contribution < -0.4 is 9.47 Å². The molecule has 0 spiro atoms. The molecule has 0 atom stereocenters. The van der Waals surface area contributed by atoms with Gasteiger partial charge in [0.25, 0.3) is 0 Å². The van der Waals surface area contributed by atoms with Gasteiger partial charge in [-0.1, -0.05) is 84.9 Å². The van der Waals surface area contributed by atoms with Crippen molar-refractivity contribution in [3.63, 3.8) is 0 Å². The van der Waals surface area contributed by atoms with Crippen LogP contribution in [0.25, 0.3) is 72.5 Å². The Bertz CT molecular complexity index is 2940. The van der Waals surface area contributed by atoms with Gasteiger partial charge in [-0.25, -0.2) is 9.97 Å². The van der Waals surface area contributed by atoms with Gasteiger partial charge in [0.1, 0.15) is 23.0 Å². The number of nitrogens with zero attached hydrogens (tertiary/aromatic N) is 5. The Labute approximate surface area is 341 Å². The molecule has 0 aliphatic carbocycles. The largest absolute Gasteiger partial charge is 0.457 e. The Morgan fingerprint density at radius 2 is 0.831 bits per heavy atom. The number of benzene rings is 6. The molecule has 10 rings (SSSR count). The second-order valence-corrected chi connectivity index (χ2v) is 14.5. The molecule has 10 aromatic rings. The highest BCUT2D eigenvalue weighted by atomic mass is 16.5. The molecule has 6 aromatic carbocycles. The average Bonchev–Trinajstić information content (AvgIpc) is 3.60. The summed E-state index contributed by atoms with van der Waals surface area (Å²) in [6, 6.07) is 55.1. The molecule has 4 heterocycles. The minimum absolute atomic E-state index is 0.548. The Morgan fingerprint density at radius 3 is 1.29 bits per heavy atom. The molecule has 0 fully saturated rings. The van der Waals surface area contributed by atoms with Crippen molar-refractivity contribution in [1.29, 1.82) is 0 Å². The van der Waals surface area contributed by atoms with Crippen LogP contribution in [-0.2, 0) is 0 Å². The Hall–Kier alpha value is -7.90. The number of hydrogen-bond donors (Lipinski definition) is 0. The van der Waals surface area contributed by atoms with Gasteiger partial charge in [0.15, 0.2) is 0 Å². The summed E-state index contributed by atoms with van der Waals surface area (Å²) < 4.78 is 15.1. The number of aryl methyl sites for hydroxylation is 2. The van der Waals surface area contributed by atoms with Crippen molar-refractivity contribution in [2.24, 2.45) is 0 Å². The third kappa shape index (κ3) is 7.06. The quantitative estimate of drug-likeness (QED) is 0.146. The summed E-state index contributed by atoms with van der Waals surface area (Å²) in [4.78, 5) is 19.0. The Kier molecular flexibility index (Phi) is 9.16. The Balaban J connectivity index is 0.958. The fraction of sp³-hybridized carbons (Fsp3) is 0.0385. The van der Waals surface area contributed by atoms with E-state index in [1.54, 1.807) is 12.4 Å². The second kappa shape index (κ2) is 15.2. The number of aromatic nitrogens is 5. The number of hydrogen-bond acceptors (Lipinski definition) is 6. The summed E-state index contributed by atoms with van der Waals surface area (Å²) in [6.07, 6.45) is 7.40. The smallest absolute Gasteiger partial charge is 0.234 e. The maximum atomic E-state index is 6.53. The molecule has 0 bridgehead atoms. The number of rotatable bonds is 9. The van der Waals surface area contributed by atoms with Gasteiger partial charge >= 0.3 is 0 Å². The zero-order chi connectivity index (χ0) is 39.7. The van der Waals surface area contributed by atoms with Crippen molar-refractivity contribution in [3.05, 3.63) is 200 Å². The van der Waals surface area contributed by atoms with E-state index < -0.39 is 0 Å². The van der Waals surface area contributed by atoms with E-state index in [2.05, 4.69) is 89.0 Å². The Morgan fingerprint density at radius 1 is 0.390 bits per heavy atom. The van der Waals surface area contributed by atoms with Crippen LogP contribution >= 0.6 is 0 Å². The van der Waals surface area contributed by atoms with Crippen molar-refractivity contribution in [1.82, 2.24) is 24.5 Å². The summed E-state index contributed by atoms with van der Waals surface area (Å²) >= 11 is 0. The lowest BCUT2D eigenvalue weighted by atomic mass is 10.0. The predicted molar refractivity (Wildman–Crippen MR) is 236 cm³/mol. The van der Waals surface area contributed by atoms with Crippen molar-refractivity contribution >= 4 is 21.8 Å². The van der Waals surface area contributed by atoms with Crippen LogP contribution in [0.15, 0.2) is 189 Å². The van der Waals surface area contributed by atoms with Crippen molar-refractivity contribution in [3.8, 4) is 73.7 Å². The zero-order valence-electron chi connectivity index (χ0n) is 32.5. The standard InChI is InChI=1S/C52H37N5O2/c1-34-26-48(55-32-46(34)36-12-5-3-6-13-36)38-16-9-18-40(28-38)58-42-20-22-44-45-23-21-43(31-51(45)57(50(44)30-42)52-53-24-11-25-54-52)59-41-19-10-17-39(29-41)49-27-35(2)47(33-56-49)37-14-7-4-8-15-37/h3-33H,1-2H3. The lowest BCUT2D eigenvalue weighted by Crippen LogP contribution is -2.00. The monoisotopic (exact) mass is 763 g/mol. The minimum Gasteiger partial charge on any atom is -0.457 e. The third-order valence-corrected chi connectivity index (χ3v) is 10.6. The fourth-order valence-electron chi connectivity index (χ4n) is 7.70. The van der Waals surface area contributed by atoms with Crippen molar-refractivity contribution in [2.75, 3.05) is 0 Å². The first kappa shape index (κ1) is 35.5. The van der Waals surface area contributed by atoms with E-state index >= 15 is 0 Å². The van der Waals surface area contributed by atoms with Gasteiger partial charge in [-0.3, -0.25) is 14.5 Å². The fourth-order valence-corrected chi connectivity index (χ4v) is 7.70. The van der Waals surface area contributed by atoms with E-state index in [1.807, 2.05) is 116 Å². The first-order chi connectivity index (χ1) is 29.0. The SMILES string of the molecule is Cc1cc(-c2cccc(Oc3ccc4c5ccc(Oc6cccc(-c7cc(C)c(-c8ccccc8)cn7)c6)cc5n(-c5ncccn5)c4c3)c2)ncc1-c1ccccc1. The van der Waals surface area contributed by atoms with Crippen LogP contribution in [0.1, 0.15) is 11.1 Å². The van der Waals surface area contributed by atoms with E-state index in [0.29, 0.717) is 28.9 Å². The highest BCUT2D eigenvalue weighted by Crippen LogP contribution is 2.38. The normalized spacial score (nSPS) is 11.2. The van der Waals surface area contributed by atoms with Crippen LogP contribution in [0, 0.1) is 13.8 Å². The molecule has 0 saturated heterocycles. The maximum absolute atomic E-state index is 6.53. The first-order valence-corrected chi connectivity index (χ1v) is 19.5. The lowest BCUT2D eigenvalue weighted by Gasteiger charge is -2.11. The van der Waals surface area contributed by atoms with Crippen LogP contribution in [0.4, 0.5) is 0 Å². The molecular formula is C52H37N5O2. The molecule has 0 radical (unpaired) electrons. The van der Waals surface area contributed by atoms with Gasteiger partial charge in [-0.15, -0.1) is 0 Å². The zero-order valence-corrected chi connectivity index (χ0v) is 32.5. The topological polar surface area (TPSA) is 75.0 Å². The first-order valence-electron chi connectivity index (χ1n) is 19.5. The molecule has 0 aliphatic rings. The lowest BCUT2D eigenvalue weighted by molar-refractivity contribution is 0.483. The van der Waals surface area contributed by atoms with Crippen LogP contribution in [0.3, 0.4) is 0 Å². The molecule has 7 heteroatoms. The second-order valence-electron chi connectivity index (χ2n) is 14.5. The molecule has 0 N–H and O–H groups in total. The minimum atomic E-state index is 0.548. The summed E-state index contributed by atoms with van der Waals surface area (Å²) in [6.45, 7) is 4.24. The molecule has 4 aromatic heterocycles. The average molecular weight is 764 g/mol. The molecular weight excluding hydrogens is 727 g/mol. The number of fused-ring (bicyclic) bond motifs is 3. The van der Waals surface area contributed by atoms with Gasteiger partial charge in [0, 0.05) is 69.9 Å². The number of ether oxygens (including phenoxy) is 2. The third-order valence-electron chi connectivity index (χ3n) is 10.6. The molecule has 0 unspecified atom stereocenters. The molecule has 0 amide bonds. The van der Waals surface area contributed by atoms with E-state index in [-0.39, 0.29) is 0 Å². The highest BCUT2D eigenvalue weighted by molar-refractivity contribution is 6.09. The van der Waals surface area contributed by atoms with E-state index in [0.717, 1.165) is 77.7 Å². The van der Waals surface area contributed by atoms with Crippen LogP contribution in [0.2, 0.25) is 0 Å². The summed E-state index contributed by atoms with van der Waals surface area (Å²) in [7, 11) is 0. The van der Waals surface area contributed by atoms with Gasteiger partial charge in [0.2, 0.25) is 5.95 Å². The molecule has 59 heavy (non-hydrogen) atoms. The highest BCUT2D eigenvalue weighted by Gasteiger charge is 2.17. The van der Waals surface area contributed by atoms with Gasteiger partial charge in [0.05, 0.1) is 22.4 Å². The molecule has 7 nitrogen and oxygen atoms in total. The molecule has 0 saturated carbocycles. The molecule has 0 aliphatic heterocycles. The summed E-state index contributed by atoms with van der Waals surface area (Å²) in [5.74, 6) is 3.34. The summed E-state index contributed by atoms with van der Waals surface area (Å²) in [5.41, 5.74) is 12.4. The van der Waals surface area contributed by atoms with Crippen molar-refractivity contribution in [2.45, 2.75) is 13.8 Å². The molecule has 282 valence electrons. The maximum Gasteiger partial charge on any atom is 0.234 e.